The lowest BCUT2D eigenvalue weighted by Crippen LogP contribution is -2.19. The van der Waals surface area contributed by atoms with Gasteiger partial charge in [-0.15, -0.1) is 11.3 Å². The molecule has 0 spiro atoms. The lowest BCUT2D eigenvalue weighted by molar-refractivity contribution is 0.676. The third kappa shape index (κ3) is 4.01. The Bertz CT molecular complexity index is 511. The summed E-state index contributed by atoms with van der Waals surface area (Å²) in [6.07, 6.45) is 1.72. The Kier molecular flexibility index (Phi) is 5.04. The van der Waals surface area contributed by atoms with Crippen LogP contribution in [0.25, 0.3) is 11.3 Å². The molecular formula is C13H16N2OS2. The third-order valence-electron chi connectivity index (χ3n) is 2.46. The third-order valence-corrected chi connectivity index (χ3v) is 4.09. The molecule has 96 valence electrons. The molecule has 0 fully saturated rings. The van der Waals surface area contributed by atoms with Crippen LogP contribution in [0.1, 0.15) is 5.01 Å². The first-order chi connectivity index (χ1) is 8.75. The van der Waals surface area contributed by atoms with Gasteiger partial charge in [-0.2, -0.15) is 0 Å². The van der Waals surface area contributed by atoms with Crippen molar-refractivity contribution in [2.75, 3.05) is 18.6 Å². The molecule has 2 aromatic rings. The lowest BCUT2D eigenvalue weighted by Gasteiger charge is -2.00. The van der Waals surface area contributed by atoms with Crippen molar-refractivity contribution in [2.24, 2.45) is 0 Å². The molecule has 1 heterocycles. The summed E-state index contributed by atoms with van der Waals surface area (Å²) < 4.78 is 10.9. The molecule has 0 aliphatic rings. The molecule has 0 aliphatic carbocycles. The zero-order chi connectivity index (χ0) is 12.8. The number of hydrogen-bond acceptors (Lipinski definition) is 4. The molecular weight excluding hydrogens is 264 g/mol. The van der Waals surface area contributed by atoms with Gasteiger partial charge in [0.25, 0.3) is 0 Å². The first-order valence-electron chi connectivity index (χ1n) is 5.76. The maximum absolute atomic E-state index is 10.9. The zero-order valence-electron chi connectivity index (χ0n) is 10.3. The van der Waals surface area contributed by atoms with Crippen molar-refractivity contribution < 1.29 is 4.21 Å². The monoisotopic (exact) mass is 280 g/mol. The second kappa shape index (κ2) is 6.78. The van der Waals surface area contributed by atoms with Gasteiger partial charge in [0, 0.05) is 46.8 Å². The molecule has 0 amide bonds. The lowest BCUT2D eigenvalue weighted by atomic mass is 10.2. The Hall–Kier alpha value is -1.04. The van der Waals surface area contributed by atoms with Crippen LogP contribution in [0.4, 0.5) is 0 Å². The second-order valence-corrected chi connectivity index (χ2v) is 6.44. The number of thiazole rings is 1. The second-order valence-electron chi connectivity index (χ2n) is 3.95. The SMILES string of the molecule is CS(=O)CCNCc1nc(-c2ccccc2)cs1. The zero-order valence-corrected chi connectivity index (χ0v) is 11.9. The number of nitrogens with zero attached hydrogens (tertiary/aromatic N) is 1. The summed E-state index contributed by atoms with van der Waals surface area (Å²) in [6.45, 7) is 1.51. The van der Waals surface area contributed by atoms with Gasteiger partial charge in [0.1, 0.15) is 5.01 Å². The van der Waals surface area contributed by atoms with Crippen LogP contribution in [0.5, 0.6) is 0 Å². The van der Waals surface area contributed by atoms with Crippen molar-refractivity contribution in [1.29, 1.82) is 0 Å². The molecule has 0 bridgehead atoms. The van der Waals surface area contributed by atoms with E-state index in [1.165, 1.54) is 0 Å². The van der Waals surface area contributed by atoms with Crippen LogP contribution in [0.2, 0.25) is 0 Å². The van der Waals surface area contributed by atoms with Gasteiger partial charge in [-0.25, -0.2) is 4.98 Å². The predicted octanol–water partition coefficient (Wildman–Crippen LogP) is 2.28. The summed E-state index contributed by atoms with van der Waals surface area (Å²) in [5.74, 6) is 0.691. The van der Waals surface area contributed by atoms with E-state index < -0.39 is 10.8 Å². The number of benzene rings is 1. The maximum Gasteiger partial charge on any atom is 0.107 e. The topological polar surface area (TPSA) is 42.0 Å². The van der Waals surface area contributed by atoms with Crippen molar-refractivity contribution in [3.05, 3.63) is 40.7 Å². The van der Waals surface area contributed by atoms with Crippen LogP contribution in [-0.2, 0) is 17.3 Å². The Labute approximate surface area is 114 Å². The highest BCUT2D eigenvalue weighted by atomic mass is 32.2. The minimum Gasteiger partial charge on any atom is -0.310 e. The van der Waals surface area contributed by atoms with Crippen LogP contribution >= 0.6 is 11.3 Å². The maximum atomic E-state index is 10.9. The molecule has 18 heavy (non-hydrogen) atoms. The van der Waals surface area contributed by atoms with E-state index in [1.807, 2.05) is 18.2 Å². The molecule has 1 aromatic carbocycles. The Balaban J connectivity index is 1.89. The fourth-order valence-electron chi connectivity index (χ4n) is 1.54. The van der Waals surface area contributed by atoms with E-state index in [0.29, 0.717) is 5.75 Å². The largest absolute Gasteiger partial charge is 0.310 e. The fraction of sp³-hybridized carbons (Fsp3) is 0.308. The Morgan fingerprint density at radius 2 is 2.11 bits per heavy atom. The summed E-state index contributed by atoms with van der Waals surface area (Å²) in [6, 6.07) is 10.2. The smallest absolute Gasteiger partial charge is 0.107 e. The van der Waals surface area contributed by atoms with Crippen LogP contribution < -0.4 is 5.32 Å². The normalized spacial score (nSPS) is 12.5. The molecule has 1 unspecified atom stereocenters. The summed E-state index contributed by atoms with van der Waals surface area (Å²) in [5.41, 5.74) is 2.17. The average molecular weight is 280 g/mol. The molecule has 1 atom stereocenters. The Morgan fingerprint density at radius 3 is 2.83 bits per heavy atom. The van der Waals surface area contributed by atoms with E-state index in [0.717, 1.165) is 29.4 Å². The van der Waals surface area contributed by atoms with Gasteiger partial charge in [0.15, 0.2) is 0 Å². The number of hydrogen-bond donors (Lipinski definition) is 1. The summed E-state index contributed by atoms with van der Waals surface area (Å²) in [7, 11) is -0.727. The van der Waals surface area contributed by atoms with Crippen LogP contribution in [0, 0.1) is 0 Å². The van der Waals surface area contributed by atoms with Gasteiger partial charge in [0.05, 0.1) is 5.69 Å². The van der Waals surface area contributed by atoms with E-state index in [-0.39, 0.29) is 0 Å². The van der Waals surface area contributed by atoms with Gasteiger partial charge in [0.2, 0.25) is 0 Å². The quantitative estimate of drug-likeness (QED) is 0.825. The molecule has 0 radical (unpaired) electrons. The molecule has 5 heteroatoms. The highest BCUT2D eigenvalue weighted by Crippen LogP contribution is 2.21. The average Bonchev–Trinajstić information content (AvgIpc) is 2.84. The minimum atomic E-state index is -0.727. The number of nitrogens with one attached hydrogen (secondary N) is 1. The van der Waals surface area contributed by atoms with Crippen molar-refractivity contribution in [1.82, 2.24) is 10.3 Å². The summed E-state index contributed by atoms with van der Waals surface area (Å²) >= 11 is 1.65. The molecule has 0 saturated heterocycles. The molecule has 3 nitrogen and oxygen atoms in total. The van der Waals surface area contributed by atoms with E-state index in [9.17, 15) is 4.21 Å². The van der Waals surface area contributed by atoms with Crippen LogP contribution in [0.15, 0.2) is 35.7 Å². The van der Waals surface area contributed by atoms with Crippen molar-refractivity contribution in [3.63, 3.8) is 0 Å². The van der Waals surface area contributed by atoms with E-state index in [4.69, 9.17) is 0 Å². The van der Waals surface area contributed by atoms with Crippen molar-refractivity contribution in [2.45, 2.75) is 6.54 Å². The molecule has 0 saturated carbocycles. The van der Waals surface area contributed by atoms with Gasteiger partial charge in [-0.1, -0.05) is 30.3 Å². The highest BCUT2D eigenvalue weighted by Gasteiger charge is 2.03. The van der Waals surface area contributed by atoms with E-state index in [1.54, 1.807) is 17.6 Å². The highest BCUT2D eigenvalue weighted by molar-refractivity contribution is 7.84. The number of aromatic nitrogens is 1. The van der Waals surface area contributed by atoms with E-state index >= 15 is 0 Å². The van der Waals surface area contributed by atoms with Gasteiger partial charge in [-0.3, -0.25) is 4.21 Å². The Morgan fingerprint density at radius 1 is 1.33 bits per heavy atom. The van der Waals surface area contributed by atoms with Gasteiger partial charge < -0.3 is 5.32 Å². The van der Waals surface area contributed by atoms with Crippen molar-refractivity contribution >= 4 is 22.1 Å². The molecule has 0 aliphatic heterocycles. The molecule has 1 aromatic heterocycles. The van der Waals surface area contributed by atoms with Crippen LogP contribution in [-0.4, -0.2) is 27.7 Å². The van der Waals surface area contributed by atoms with E-state index in [2.05, 4.69) is 27.8 Å². The molecule has 2 rings (SSSR count). The molecule has 1 N–H and O–H groups in total. The summed E-state index contributed by atoms with van der Waals surface area (Å²) in [4.78, 5) is 4.58. The standard InChI is InChI=1S/C13H16N2OS2/c1-18(16)8-7-14-9-13-15-12(10-17-13)11-5-3-2-4-6-11/h2-6,10,14H,7-9H2,1H3. The predicted molar refractivity (Wildman–Crippen MR) is 78.2 cm³/mol. The van der Waals surface area contributed by atoms with Crippen LogP contribution in [0.3, 0.4) is 0 Å². The van der Waals surface area contributed by atoms with Gasteiger partial charge >= 0.3 is 0 Å². The number of rotatable bonds is 6. The minimum absolute atomic E-state index is 0.691. The fourth-order valence-corrected chi connectivity index (χ4v) is 2.75. The van der Waals surface area contributed by atoms with Crippen molar-refractivity contribution in [3.8, 4) is 11.3 Å². The first-order valence-corrected chi connectivity index (χ1v) is 8.37. The van der Waals surface area contributed by atoms with Gasteiger partial charge in [-0.05, 0) is 0 Å². The summed E-state index contributed by atoms with van der Waals surface area (Å²) in [5, 5.41) is 6.39. The first kappa shape index (κ1) is 13.4.